The van der Waals surface area contributed by atoms with E-state index in [0.717, 1.165) is 40.0 Å². The molecule has 0 aliphatic carbocycles. The molecular weight excluding hydrogens is 468 g/mol. The molecule has 0 bridgehead atoms. The summed E-state index contributed by atoms with van der Waals surface area (Å²) in [5.74, 6) is -1.31. The first-order chi connectivity index (χ1) is 15.1. The molecule has 0 saturated carbocycles. The van der Waals surface area contributed by atoms with Gasteiger partial charge in [-0.2, -0.15) is 13.2 Å². The predicted molar refractivity (Wildman–Crippen MR) is 113 cm³/mol. The summed E-state index contributed by atoms with van der Waals surface area (Å²) in [6, 6.07) is 11.0. The second-order valence-corrected chi connectivity index (χ2v) is 9.58. The maximum Gasteiger partial charge on any atom is 0.416 e. The molecule has 11 heteroatoms. The average Bonchev–Trinajstić information content (AvgIpc) is 3.20. The summed E-state index contributed by atoms with van der Waals surface area (Å²) in [5.41, 5.74) is -0.429. The summed E-state index contributed by atoms with van der Waals surface area (Å²) in [5, 5.41) is 4.04. The molecule has 1 aromatic heterocycles. The summed E-state index contributed by atoms with van der Waals surface area (Å²) in [6.07, 6.45) is -3.69. The Morgan fingerprint density at radius 2 is 1.81 bits per heavy atom. The van der Waals surface area contributed by atoms with E-state index >= 15 is 0 Å². The molecule has 2 heterocycles. The van der Waals surface area contributed by atoms with Gasteiger partial charge in [0.25, 0.3) is 10.0 Å². The fraction of sp³-hybridized carbons (Fsp3) is 0.0952. The Morgan fingerprint density at radius 1 is 1.06 bits per heavy atom. The van der Waals surface area contributed by atoms with Crippen LogP contribution in [-0.2, 0) is 22.7 Å². The predicted octanol–water partition coefficient (Wildman–Crippen LogP) is 5.39. The maximum atomic E-state index is 13.6. The Bertz CT molecular complexity index is 1330. The number of fused-ring (bicyclic) bond motifs is 1. The van der Waals surface area contributed by atoms with Gasteiger partial charge in [0.1, 0.15) is 10.7 Å². The van der Waals surface area contributed by atoms with Gasteiger partial charge in [0, 0.05) is 11.9 Å². The van der Waals surface area contributed by atoms with E-state index in [1.807, 2.05) is 0 Å². The van der Waals surface area contributed by atoms with E-state index in [0.29, 0.717) is 5.56 Å². The van der Waals surface area contributed by atoms with E-state index in [9.17, 15) is 30.8 Å². The van der Waals surface area contributed by atoms with Crippen LogP contribution in [-0.4, -0.2) is 14.2 Å². The lowest BCUT2D eigenvalue weighted by Gasteiger charge is -2.29. The van der Waals surface area contributed by atoms with Crippen molar-refractivity contribution in [3.63, 3.8) is 0 Å². The fourth-order valence-corrected chi connectivity index (χ4v) is 5.67. The molecule has 4 rings (SSSR count). The van der Waals surface area contributed by atoms with Crippen LogP contribution < -0.4 is 9.62 Å². The highest BCUT2D eigenvalue weighted by atomic mass is 32.2. The molecule has 0 amide bonds. The number of nitrogens with zero attached hydrogens (tertiary/aromatic N) is 1. The molecule has 0 atom stereocenters. The zero-order valence-electron chi connectivity index (χ0n) is 16.1. The number of sulfonamides is 1. The first-order valence-corrected chi connectivity index (χ1v) is 11.4. The minimum absolute atomic E-state index is 0.0380. The molecule has 166 valence electrons. The zero-order chi connectivity index (χ0) is 23.1. The maximum absolute atomic E-state index is 13.6. The molecule has 1 aliphatic heterocycles. The van der Waals surface area contributed by atoms with Gasteiger partial charge in [0.05, 0.1) is 17.8 Å². The van der Waals surface area contributed by atoms with Crippen LogP contribution in [0.3, 0.4) is 0 Å². The van der Waals surface area contributed by atoms with Crippen molar-refractivity contribution in [3.05, 3.63) is 92.9 Å². The SMILES string of the molecule is O=C1C(=CNc2cccc(C(F)(F)F)c2)S(=O)(=O)N(Cc2cccc(F)c2)c2ccsc21. The number of benzene rings is 2. The van der Waals surface area contributed by atoms with Gasteiger partial charge in [-0.25, -0.2) is 12.8 Å². The van der Waals surface area contributed by atoms with Crippen molar-refractivity contribution in [1.29, 1.82) is 0 Å². The van der Waals surface area contributed by atoms with Crippen LogP contribution in [0.5, 0.6) is 0 Å². The number of carbonyl (C=O) groups is 1. The number of allylic oxidation sites excluding steroid dienone is 1. The highest BCUT2D eigenvalue weighted by Gasteiger charge is 2.41. The molecule has 0 fully saturated rings. The van der Waals surface area contributed by atoms with E-state index in [-0.39, 0.29) is 22.8 Å². The molecule has 1 aliphatic rings. The summed E-state index contributed by atoms with van der Waals surface area (Å²) in [4.78, 5) is 12.4. The number of anilines is 2. The first kappa shape index (κ1) is 22.0. The van der Waals surface area contributed by atoms with Gasteiger partial charge in [0.2, 0.25) is 5.78 Å². The molecule has 0 saturated heterocycles. The van der Waals surface area contributed by atoms with Crippen LogP contribution in [0.4, 0.5) is 28.9 Å². The Morgan fingerprint density at radius 3 is 2.53 bits per heavy atom. The molecule has 5 nitrogen and oxygen atoms in total. The van der Waals surface area contributed by atoms with Crippen molar-refractivity contribution >= 4 is 38.5 Å². The van der Waals surface area contributed by atoms with E-state index in [2.05, 4.69) is 5.32 Å². The number of thiophene rings is 1. The molecule has 3 aromatic rings. The number of nitrogens with one attached hydrogen (secondary N) is 1. The minimum Gasteiger partial charge on any atom is -0.360 e. The summed E-state index contributed by atoms with van der Waals surface area (Å²) in [6.45, 7) is -0.224. The highest BCUT2D eigenvalue weighted by Crippen LogP contribution is 2.39. The molecule has 2 aromatic carbocycles. The second kappa shape index (κ2) is 8.06. The summed E-state index contributed by atoms with van der Waals surface area (Å²) >= 11 is 1.04. The quantitative estimate of drug-likeness (QED) is 0.400. The zero-order valence-corrected chi connectivity index (χ0v) is 17.7. The third-order valence-electron chi connectivity index (χ3n) is 4.69. The number of Topliss-reactive ketones (excluding diaryl/α,β-unsaturated/α-hetero) is 1. The molecule has 0 spiro atoms. The lowest BCUT2D eigenvalue weighted by Crippen LogP contribution is -2.38. The molecule has 0 unspecified atom stereocenters. The number of hydrogen-bond acceptors (Lipinski definition) is 5. The number of alkyl halides is 3. The summed E-state index contributed by atoms with van der Waals surface area (Å²) in [7, 11) is -4.37. The Balaban J connectivity index is 1.72. The lowest BCUT2D eigenvalue weighted by molar-refractivity contribution is -0.137. The summed E-state index contributed by atoms with van der Waals surface area (Å²) < 4.78 is 79.9. The second-order valence-electron chi connectivity index (χ2n) is 6.84. The third-order valence-corrected chi connectivity index (χ3v) is 7.35. The monoisotopic (exact) mass is 482 g/mol. The van der Waals surface area contributed by atoms with E-state index in [4.69, 9.17) is 0 Å². The van der Waals surface area contributed by atoms with Crippen LogP contribution in [0.2, 0.25) is 0 Å². The topological polar surface area (TPSA) is 66.5 Å². The number of halogens is 4. The molecular formula is C21H14F4N2O3S2. The van der Waals surface area contributed by atoms with Gasteiger partial charge >= 0.3 is 6.18 Å². The Kier molecular flexibility index (Phi) is 5.55. The largest absolute Gasteiger partial charge is 0.416 e. The van der Waals surface area contributed by atoms with Gasteiger partial charge in [-0.3, -0.25) is 9.10 Å². The molecule has 0 radical (unpaired) electrons. The average molecular weight is 482 g/mol. The Hall–Kier alpha value is -3.18. The van der Waals surface area contributed by atoms with Crippen LogP contribution in [0.1, 0.15) is 20.8 Å². The van der Waals surface area contributed by atoms with Crippen molar-refractivity contribution in [2.45, 2.75) is 12.7 Å². The van der Waals surface area contributed by atoms with Gasteiger partial charge in [0.15, 0.2) is 4.91 Å². The van der Waals surface area contributed by atoms with Crippen LogP contribution >= 0.6 is 11.3 Å². The standard InChI is InChI=1S/C21H14F4N2O3S2/c22-15-5-1-3-13(9-15)12-27-17-7-8-31-20(17)19(28)18(32(27,29)30)11-26-16-6-2-4-14(10-16)21(23,24)25/h1-11,26H,12H2. The van der Waals surface area contributed by atoms with Crippen molar-refractivity contribution in [2.24, 2.45) is 0 Å². The lowest BCUT2D eigenvalue weighted by atomic mass is 10.2. The van der Waals surface area contributed by atoms with Gasteiger partial charge < -0.3 is 5.32 Å². The highest BCUT2D eigenvalue weighted by molar-refractivity contribution is 7.97. The number of carbonyl (C=O) groups excluding carboxylic acids is 1. The van der Waals surface area contributed by atoms with Gasteiger partial charge in [-0.15, -0.1) is 11.3 Å². The van der Waals surface area contributed by atoms with E-state index < -0.39 is 38.3 Å². The molecule has 32 heavy (non-hydrogen) atoms. The van der Waals surface area contributed by atoms with Crippen molar-refractivity contribution in [1.82, 2.24) is 0 Å². The van der Waals surface area contributed by atoms with E-state index in [1.165, 1.54) is 30.3 Å². The number of ketones is 1. The van der Waals surface area contributed by atoms with Crippen LogP contribution in [0.15, 0.2) is 71.1 Å². The van der Waals surface area contributed by atoms with Crippen molar-refractivity contribution in [2.75, 3.05) is 9.62 Å². The minimum atomic E-state index is -4.58. The van der Waals surface area contributed by atoms with Gasteiger partial charge in [-0.1, -0.05) is 18.2 Å². The third kappa shape index (κ3) is 4.13. The smallest absolute Gasteiger partial charge is 0.360 e. The Labute approximate surface area is 184 Å². The number of hydrogen-bond donors (Lipinski definition) is 1. The number of rotatable bonds is 4. The normalized spacial score (nSPS) is 16.8. The van der Waals surface area contributed by atoms with Crippen molar-refractivity contribution in [3.8, 4) is 0 Å². The molecule has 1 N–H and O–H groups in total. The van der Waals surface area contributed by atoms with Crippen LogP contribution in [0.25, 0.3) is 0 Å². The van der Waals surface area contributed by atoms with E-state index in [1.54, 1.807) is 11.4 Å². The fourth-order valence-electron chi connectivity index (χ4n) is 3.19. The first-order valence-electron chi connectivity index (χ1n) is 9.11. The van der Waals surface area contributed by atoms with Gasteiger partial charge in [-0.05, 0) is 47.3 Å². The van der Waals surface area contributed by atoms with Crippen molar-refractivity contribution < 1.29 is 30.8 Å². The van der Waals surface area contributed by atoms with Crippen LogP contribution in [0, 0.1) is 5.82 Å².